The van der Waals surface area contributed by atoms with Gasteiger partial charge in [0.15, 0.2) is 0 Å². The maximum Gasteiger partial charge on any atom is 0.230 e. The Bertz CT molecular complexity index is 1010. The molecule has 0 atom stereocenters. The van der Waals surface area contributed by atoms with Crippen LogP contribution < -0.4 is 10.2 Å². The average molecular weight is 352 g/mol. The maximum absolute atomic E-state index is 5.94. The van der Waals surface area contributed by atoms with E-state index in [1.165, 1.54) is 0 Å². The highest BCUT2D eigenvalue weighted by Crippen LogP contribution is 2.33. The number of anilines is 1. The van der Waals surface area contributed by atoms with Crippen LogP contribution in [0.5, 0.6) is 11.6 Å². The molecule has 126 valence electrons. The van der Waals surface area contributed by atoms with Gasteiger partial charge in [0.1, 0.15) is 10.8 Å². The van der Waals surface area contributed by atoms with Gasteiger partial charge < -0.3 is 9.30 Å². The van der Waals surface area contributed by atoms with E-state index < -0.39 is 0 Å². The Hall–Kier alpha value is -2.90. The molecule has 0 amide bonds. The molecule has 0 aliphatic rings. The lowest BCUT2D eigenvalue weighted by atomic mass is 10.2. The summed E-state index contributed by atoms with van der Waals surface area (Å²) < 4.78 is 7.97. The monoisotopic (exact) mass is 352 g/mol. The lowest BCUT2D eigenvalue weighted by molar-refractivity contribution is 0.271. The summed E-state index contributed by atoms with van der Waals surface area (Å²) in [4.78, 5) is 13.6. The first-order chi connectivity index (χ1) is 12.2. The molecule has 0 radical (unpaired) electrons. The second kappa shape index (κ2) is 6.54. The summed E-state index contributed by atoms with van der Waals surface area (Å²) in [5.41, 5.74) is 5.90. The molecule has 1 N–H and O–H groups in total. The maximum atomic E-state index is 5.94. The third-order valence-electron chi connectivity index (χ3n) is 3.81. The van der Waals surface area contributed by atoms with Gasteiger partial charge >= 0.3 is 0 Å². The number of hydrogen-bond donors (Lipinski definition) is 1. The summed E-state index contributed by atoms with van der Waals surface area (Å²) in [6.07, 6.45) is 5.48. The molecule has 0 bridgehead atoms. The minimum absolute atomic E-state index is 0.577. The molecule has 4 aromatic rings. The quantitative estimate of drug-likeness (QED) is 0.537. The summed E-state index contributed by atoms with van der Waals surface area (Å²) in [6, 6.07) is 9.79. The average Bonchev–Trinajstić information content (AvgIpc) is 3.22. The zero-order chi connectivity index (χ0) is 17.2. The van der Waals surface area contributed by atoms with E-state index in [0.29, 0.717) is 5.88 Å². The number of nitrogens with zero attached hydrogens (tertiary/aromatic N) is 3. The van der Waals surface area contributed by atoms with Crippen LogP contribution in [0.15, 0.2) is 54.3 Å². The second-order valence-corrected chi connectivity index (χ2v) is 6.33. The number of benzene rings is 1. The molecule has 1 aromatic carbocycles. The number of hydrogen-bond acceptors (Lipinski definition) is 6. The molecule has 0 aliphatic carbocycles. The summed E-state index contributed by atoms with van der Waals surface area (Å²) >= 11 is 1.54. The molecular weight excluding hydrogens is 336 g/mol. The van der Waals surface area contributed by atoms with Gasteiger partial charge in [0.25, 0.3) is 0 Å². The molecule has 7 heteroatoms. The zero-order valence-corrected chi connectivity index (χ0v) is 14.6. The van der Waals surface area contributed by atoms with E-state index in [4.69, 9.17) is 9.57 Å². The van der Waals surface area contributed by atoms with Crippen molar-refractivity contribution >= 4 is 27.9 Å². The van der Waals surface area contributed by atoms with Gasteiger partial charge in [-0.15, -0.1) is 11.3 Å². The van der Waals surface area contributed by atoms with E-state index in [0.717, 1.165) is 32.9 Å². The molecule has 0 spiro atoms. The number of pyridine rings is 1. The van der Waals surface area contributed by atoms with Gasteiger partial charge in [-0.05, 0) is 30.3 Å². The minimum atomic E-state index is 0.577. The van der Waals surface area contributed by atoms with E-state index in [2.05, 4.69) is 15.4 Å². The van der Waals surface area contributed by atoms with Crippen molar-refractivity contribution < 1.29 is 9.57 Å². The number of ether oxygens (including phenoxy) is 1. The van der Waals surface area contributed by atoms with Gasteiger partial charge in [-0.2, -0.15) is 0 Å². The van der Waals surface area contributed by atoms with Crippen molar-refractivity contribution in [1.82, 2.24) is 14.5 Å². The largest absolute Gasteiger partial charge is 0.438 e. The topological polar surface area (TPSA) is 61.2 Å². The van der Waals surface area contributed by atoms with E-state index >= 15 is 0 Å². The summed E-state index contributed by atoms with van der Waals surface area (Å²) in [7, 11) is 3.58. The van der Waals surface area contributed by atoms with Crippen LogP contribution in [0.3, 0.4) is 0 Å². The molecule has 25 heavy (non-hydrogen) atoms. The highest BCUT2D eigenvalue weighted by Gasteiger charge is 2.10. The summed E-state index contributed by atoms with van der Waals surface area (Å²) in [6.45, 7) is 0. The van der Waals surface area contributed by atoms with Crippen molar-refractivity contribution in [3.8, 4) is 22.2 Å². The molecule has 0 unspecified atom stereocenters. The third kappa shape index (κ3) is 3.07. The molecule has 0 fully saturated rings. The number of nitrogens with one attached hydrogen (secondary N) is 1. The number of thiazole rings is 1. The number of fused-ring (bicyclic) bond motifs is 1. The van der Waals surface area contributed by atoms with Crippen molar-refractivity contribution in [3.05, 3.63) is 54.3 Å². The molecule has 0 saturated heterocycles. The van der Waals surface area contributed by atoms with Gasteiger partial charge in [-0.3, -0.25) is 15.3 Å². The van der Waals surface area contributed by atoms with Crippen LogP contribution in [-0.4, -0.2) is 21.6 Å². The van der Waals surface area contributed by atoms with Crippen molar-refractivity contribution in [2.24, 2.45) is 7.05 Å². The predicted molar refractivity (Wildman–Crippen MR) is 99.0 cm³/mol. The first-order valence-electron chi connectivity index (χ1n) is 7.66. The zero-order valence-electron chi connectivity index (χ0n) is 13.8. The lowest BCUT2D eigenvalue weighted by Crippen LogP contribution is -1.94. The molecule has 6 nitrogen and oxygen atoms in total. The van der Waals surface area contributed by atoms with Gasteiger partial charge in [-0.1, -0.05) is 0 Å². The fourth-order valence-corrected chi connectivity index (χ4v) is 3.41. The fraction of sp³-hybridized carbons (Fsp3) is 0.111. The Kier molecular flexibility index (Phi) is 4.09. The SMILES string of the molecule is CONc1cn(C)c2ccc(Oc3csc(-c4ccncc4)n3)cc12. The van der Waals surface area contributed by atoms with Gasteiger partial charge in [0.2, 0.25) is 5.88 Å². The van der Waals surface area contributed by atoms with Crippen LogP contribution in [0, 0.1) is 0 Å². The second-order valence-electron chi connectivity index (χ2n) is 5.47. The van der Waals surface area contributed by atoms with Crippen molar-refractivity contribution in [3.63, 3.8) is 0 Å². The number of aromatic nitrogens is 3. The van der Waals surface area contributed by atoms with E-state index in [-0.39, 0.29) is 0 Å². The van der Waals surface area contributed by atoms with Crippen LogP contribution in [0.2, 0.25) is 0 Å². The Labute approximate surface area is 148 Å². The van der Waals surface area contributed by atoms with Crippen LogP contribution in [0.4, 0.5) is 5.69 Å². The normalized spacial score (nSPS) is 11.0. The van der Waals surface area contributed by atoms with Gasteiger partial charge in [0.05, 0.1) is 23.7 Å². The van der Waals surface area contributed by atoms with Crippen LogP contribution >= 0.6 is 11.3 Å². The highest BCUT2D eigenvalue weighted by molar-refractivity contribution is 7.13. The van der Waals surface area contributed by atoms with Crippen molar-refractivity contribution in [2.75, 3.05) is 12.6 Å². The van der Waals surface area contributed by atoms with Crippen LogP contribution in [0.1, 0.15) is 0 Å². The Balaban J connectivity index is 1.63. The molecule has 4 rings (SSSR count). The molecule has 3 aromatic heterocycles. The number of aryl methyl sites for hydroxylation is 1. The first kappa shape index (κ1) is 15.6. The minimum Gasteiger partial charge on any atom is -0.438 e. The van der Waals surface area contributed by atoms with Crippen molar-refractivity contribution in [2.45, 2.75) is 0 Å². The molecule has 0 aliphatic heterocycles. The Morgan fingerprint density at radius 1 is 1.16 bits per heavy atom. The molecular formula is C18H16N4O2S. The van der Waals surface area contributed by atoms with Crippen molar-refractivity contribution in [1.29, 1.82) is 0 Å². The van der Waals surface area contributed by atoms with Gasteiger partial charge in [-0.25, -0.2) is 4.98 Å². The van der Waals surface area contributed by atoms with Crippen LogP contribution in [0.25, 0.3) is 21.5 Å². The Morgan fingerprint density at radius 3 is 2.80 bits per heavy atom. The van der Waals surface area contributed by atoms with Gasteiger partial charge in [0, 0.05) is 36.6 Å². The third-order valence-corrected chi connectivity index (χ3v) is 4.68. The van der Waals surface area contributed by atoms with E-state index in [1.807, 2.05) is 53.5 Å². The van der Waals surface area contributed by atoms with Crippen LogP contribution in [-0.2, 0) is 11.9 Å². The summed E-state index contributed by atoms with van der Waals surface area (Å²) in [5.74, 6) is 1.30. The lowest BCUT2D eigenvalue weighted by Gasteiger charge is -2.04. The first-order valence-corrected chi connectivity index (χ1v) is 8.54. The van der Waals surface area contributed by atoms with E-state index in [1.54, 1.807) is 30.8 Å². The predicted octanol–water partition coefficient (Wildman–Crippen LogP) is 4.46. The molecule has 3 heterocycles. The fourth-order valence-electron chi connectivity index (χ4n) is 2.68. The van der Waals surface area contributed by atoms with E-state index in [9.17, 15) is 0 Å². The Morgan fingerprint density at radius 2 is 2.00 bits per heavy atom. The molecule has 0 saturated carbocycles. The standard InChI is InChI=1S/C18H16N4O2S/c1-22-10-15(21-23-2)14-9-13(3-4-16(14)22)24-17-11-25-18(20-17)12-5-7-19-8-6-12/h3-11,21H,1-2H3. The smallest absolute Gasteiger partial charge is 0.230 e. The summed E-state index contributed by atoms with van der Waals surface area (Å²) in [5, 5.41) is 3.82. The number of rotatable bonds is 5. The highest BCUT2D eigenvalue weighted by atomic mass is 32.1.